The molecule has 0 radical (unpaired) electrons. The summed E-state index contributed by atoms with van der Waals surface area (Å²) in [6, 6.07) is 4.08. The smallest absolute Gasteiger partial charge is 0.120 e. The molecule has 1 aliphatic rings. The van der Waals surface area contributed by atoms with Crippen LogP contribution >= 0.6 is 0 Å². The molecule has 0 bridgehead atoms. The Bertz CT molecular complexity index is 324. The summed E-state index contributed by atoms with van der Waals surface area (Å²) in [7, 11) is 1.65. The zero-order valence-electron chi connectivity index (χ0n) is 9.86. The first kappa shape index (κ1) is 11.6. The fourth-order valence-corrected chi connectivity index (χ4v) is 1.73. The SMILES string of the molecule is COCCONCc1ccc(C2CC2C)o1. The molecule has 0 saturated heterocycles. The lowest BCUT2D eigenvalue weighted by atomic mass is 10.3. The van der Waals surface area contributed by atoms with Crippen LogP contribution in [-0.2, 0) is 16.1 Å². The van der Waals surface area contributed by atoms with Gasteiger partial charge in [0.15, 0.2) is 0 Å². The van der Waals surface area contributed by atoms with Crippen molar-refractivity contribution in [1.82, 2.24) is 5.48 Å². The van der Waals surface area contributed by atoms with E-state index in [1.54, 1.807) is 7.11 Å². The number of ether oxygens (including phenoxy) is 1. The van der Waals surface area contributed by atoms with Crippen LogP contribution in [0.25, 0.3) is 0 Å². The van der Waals surface area contributed by atoms with E-state index in [9.17, 15) is 0 Å². The van der Waals surface area contributed by atoms with E-state index in [-0.39, 0.29) is 0 Å². The molecule has 1 N–H and O–H groups in total. The maximum absolute atomic E-state index is 5.71. The number of furan rings is 1. The van der Waals surface area contributed by atoms with Gasteiger partial charge in [-0.2, -0.15) is 5.48 Å². The van der Waals surface area contributed by atoms with E-state index < -0.39 is 0 Å². The fraction of sp³-hybridized carbons (Fsp3) is 0.667. The predicted octanol–water partition coefficient (Wildman–Crippen LogP) is 2.07. The average molecular weight is 225 g/mol. The summed E-state index contributed by atoms with van der Waals surface area (Å²) in [4.78, 5) is 5.15. The Labute approximate surface area is 95.9 Å². The van der Waals surface area contributed by atoms with Crippen molar-refractivity contribution in [2.75, 3.05) is 20.3 Å². The summed E-state index contributed by atoms with van der Waals surface area (Å²) in [5.74, 6) is 3.46. The first-order valence-electron chi connectivity index (χ1n) is 5.73. The number of hydroxylamine groups is 1. The molecule has 2 atom stereocenters. The lowest BCUT2D eigenvalue weighted by Crippen LogP contribution is -2.16. The van der Waals surface area contributed by atoms with Gasteiger partial charge in [-0.25, -0.2) is 0 Å². The zero-order chi connectivity index (χ0) is 11.4. The number of rotatable bonds is 7. The van der Waals surface area contributed by atoms with Gasteiger partial charge in [0.1, 0.15) is 11.5 Å². The molecule has 16 heavy (non-hydrogen) atoms. The summed E-state index contributed by atoms with van der Waals surface area (Å²) < 4.78 is 10.6. The molecule has 1 aromatic heterocycles. The van der Waals surface area contributed by atoms with E-state index in [0.717, 1.165) is 17.4 Å². The number of hydrogen-bond acceptors (Lipinski definition) is 4. The molecule has 0 aromatic carbocycles. The Morgan fingerprint density at radius 3 is 2.94 bits per heavy atom. The number of nitrogens with one attached hydrogen (secondary N) is 1. The zero-order valence-corrected chi connectivity index (χ0v) is 9.86. The van der Waals surface area contributed by atoms with Crippen molar-refractivity contribution >= 4 is 0 Å². The molecule has 1 saturated carbocycles. The normalized spacial score (nSPS) is 23.6. The van der Waals surface area contributed by atoms with Crippen LogP contribution in [-0.4, -0.2) is 20.3 Å². The van der Waals surface area contributed by atoms with Crippen molar-refractivity contribution in [1.29, 1.82) is 0 Å². The third kappa shape index (κ3) is 3.07. The first-order chi connectivity index (χ1) is 7.81. The van der Waals surface area contributed by atoms with Crippen molar-refractivity contribution in [2.45, 2.75) is 25.8 Å². The molecule has 1 fully saturated rings. The van der Waals surface area contributed by atoms with Crippen LogP contribution in [0.3, 0.4) is 0 Å². The number of methoxy groups -OCH3 is 1. The first-order valence-corrected chi connectivity index (χ1v) is 5.73. The van der Waals surface area contributed by atoms with Crippen molar-refractivity contribution in [3.05, 3.63) is 23.7 Å². The predicted molar refractivity (Wildman–Crippen MR) is 59.9 cm³/mol. The fourth-order valence-electron chi connectivity index (χ4n) is 1.73. The van der Waals surface area contributed by atoms with Crippen molar-refractivity contribution in [2.24, 2.45) is 5.92 Å². The summed E-state index contributed by atoms with van der Waals surface area (Å²) in [6.45, 7) is 3.99. The highest BCUT2D eigenvalue weighted by molar-refractivity contribution is 5.17. The maximum Gasteiger partial charge on any atom is 0.120 e. The topological polar surface area (TPSA) is 43.6 Å². The van der Waals surface area contributed by atoms with Crippen molar-refractivity contribution in [3.8, 4) is 0 Å². The van der Waals surface area contributed by atoms with Gasteiger partial charge in [-0.3, -0.25) is 4.84 Å². The molecule has 4 heteroatoms. The van der Waals surface area contributed by atoms with Crippen molar-refractivity contribution < 1.29 is 14.0 Å². The molecule has 1 heterocycles. The lowest BCUT2D eigenvalue weighted by Gasteiger charge is -2.02. The molecular weight excluding hydrogens is 206 g/mol. The Balaban J connectivity index is 1.67. The highest BCUT2D eigenvalue weighted by Gasteiger charge is 2.36. The molecule has 2 rings (SSSR count). The van der Waals surface area contributed by atoms with Crippen LogP contribution in [0.4, 0.5) is 0 Å². The highest BCUT2D eigenvalue weighted by atomic mass is 16.7. The van der Waals surface area contributed by atoms with Gasteiger partial charge < -0.3 is 9.15 Å². The molecule has 90 valence electrons. The summed E-state index contributed by atoms with van der Waals surface area (Å²) >= 11 is 0. The minimum absolute atomic E-state index is 0.545. The van der Waals surface area contributed by atoms with Gasteiger partial charge in [-0.15, -0.1) is 0 Å². The Kier molecular flexibility index (Phi) is 3.98. The molecule has 2 unspecified atom stereocenters. The highest BCUT2D eigenvalue weighted by Crippen LogP contribution is 2.47. The van der Waals surface area contributed by atoms with Crippen LogP contribution in [0.1, 0.15) is 30.8 Å². The Hall–Kier alpha value is -0.840. The third-order valence-corrected chi connectivity index (χ3v) is 2.90. The van der Waals surface area contributed by atoms with Gasteiger partial charge in [-0.1, -0.05) is 6.92 Å². The van der Waals surface area contributed by atoms with Gasteiger partial charge in [-0.05, 0) is 24.5 Å². The second kappa shape index (κ2) is 5.48. The summed E-state index contributed by atoms with van der Waals surface area (Å²) in [5, 5.41) is 0. The number of hydrogen-bond donors (Lipinski definition) is 1. The Morgan fingerprint density at radius 2 is 2.25 bits per heavy atom. The van der Waals surface area contributed by atoms with E-state index in [4.69, 9.17) is 14.0 Å². The average Bonchev–Trinajstić information content (AvgIpc) is 2.83. The van der Waals surface area contributed by atoms with Gasteiger partial charge in [0.2, 0.25) is 0 Å². The monoisotopic (exact) mass is 225 g/mol. The van der Waals surface area contributed by atoms with Crippen LogP contribution in [0.5, 0.6) is 0 Å². The van der Waals surface area contributed by atoms with E-state index in [1.165, 1.54) is 6.42 Å². The van der Waals surface area contributed by atoms with Gasteiger partial charge in [0.25, 0.3) is 0 Å². The van der Waals surface area contributed by atoms with Gasteiger partial charge >= 0.3 is 0 Å². The quantitative estimate of drug-likeness (QED) is 0.570. The molecule has 0 aliphatic heterocycles. The lowest BCUT2D eigenvalue weighted by molar-refractivity contribution is 0.000919. The van der Waals surface area contributed by atoms with Gasteiger partial charge in [0, 0.05) is 13.0 Å². The minimum atomic E-state index is 0.545. The molecule has 1 aromatic rings. The summed E-state index contributed by atoms with van der Waals surface area (Å²) in [5.41, 5.74) is 2.85. The second-order valence-electron chi connectivity index (χ2n) is 4.29. The van der Waals surface area contributed by atoms with Crippen LogP contribution in [0.2, 0.25) is 0 Å². The largest absolute Gasteiger partial charge is 0.464 e. The van der Waals surface area contributed by atoms with Crippen LogP contribution in [0.15, 0.2) is 16.5 Å². The third-order valence-electron chi connectivity index (χ3n) is 2.90. The van der Waals surface area contributed by atoms with Crippen molar-refractivity contribution in [3.63, 3.8) is 0 Å². The standard InChI is InChI=1S/C12H19NO3/c1-9-7-11(9)12-4-3-10(16-12)8-13-15-6-5-14-2/h3-4,9,11,13H,5-8H2,1-2H3. The van der Waals surface area contributed by atoms with E-state index in [2.05, 4.69) is 18.5 Å². The van der Waals surface area contributed by atoms with E-state index in [1.807, 2.05) is 6.07 Å². The van der Waals surface area contributed by atoms with E-state index in [0.29, 0.717) is 25.7 Å². The molecular formula is C12H19NO3. The Morgan fingerprint density at radius 1 is 1.44 bits per heavy atom. The minimum Gasteiger partial charge on any atom is -0.464 e. The summed E-state index contributed by atoms with van der Waals surface area (Å²) in [6.07, 6.45) is 1.25. The van der Waals surface area contributed by atoms with Crippen LogP contribution in [0, 0.1) is 5.92 Å². The molecule has 0 amide bonds. The maximum atomic E-state index is 5.71. The second-order valence-corrected chi connectivity index (χ2v) is 4.29. The van der Waals surface area contributed by atoms with E-state index >= 15 is 0 Å². The molecule has 1 aliphatic carbocycles. The molecule has 4 nitrogen and oxygen atoms in total. The van der Waals surface area contributed by atoms with Crippen LogP contribution < -0.4 is 5.48 Å². The molecule has 0 spiro atoms. The van der Waals surface area contributed by atoms with Gasteiger partial charge in [0.05, 0.1) is 19.8 Å².